The summed E-state index contributed by atoms with van der Waals surface area (Å²) in [6.45, 7) is 4.92. The first-order chi connectivity index (χ1) is 37.5. The Morgan fingerprint density at radius 2 is 0.618 bits per heavy atom. The second-order valence-electron chi connectivity index (χ2n) is 23.9. The number of nitrogens with one attached hydrogen (secondary N) is 1. The highest BCUT2D eigenvalue weighted by Gasteiger charge is 2.18. The average Bonchev–Trinajstić information content (AvgIpc) is 3.42. The zero-order chi connectivity index (χ0) is 55.0. The van der Waals surface area contributed by atoms with E-state index in [0.29, 0.717) is 19.4 Å². The van der Waals surface area contributed by atoms with Gasteiger partial charge < -0.3 is 20.3 Å². The van der Waals surface area contributed by atoms with Crippen LogP contribution in [-0.4, -0.2) is 47.4 Å². The summed E-state index contributed by atoms with van der Waals surface area (Å²) in [7, 11) is 0. The Morgan fingerprint density at radius 3 is 0.947 bits per heavy atom. The lowest BCUT2D eigenvalue weighted by atomic mass is 10.0. The van der Waals surface area contributed by atoms with E-state index in [0.717, 1.165) is 44.9 Å². The Kier molecular flexibility index (Phi) is 64.4. The van der Waals surface area contributed by atoms with E-state index < -0.39 is 12.1 Å². The Balaban J connectivity index is 3.41. The minimum absolute atomic E-state index is 0.00536. The summed E-state index contributed by atoms with van der Waals surface area (Å²) in [5, 5.41) is 23.3. The molecule has 0 aliphatic heterocycles. The molecule has 0 aromatic rings. The molecule has 0 saturated carbocycles. The van der Waals surface area contributed by atoms with Gasteiger partial charge in [0.1, 0.15) is 0 Å². The predicted molar refractivity (Wildman–Crippen MR) is 333 cm³/mol. The standard InChI is InChI=1S/C70H135NO5/c1-3-5-7-9-11-13-15-17-18-19-20-21-23-26-29-32-35-39-42-46-50-54-58-62-68(73)67(66-72)71-69(74)63-59-55-51-47-43-40-36-33-30-27-24-22-25-28-31-34-37-41-45-49-53-57-61-65-76-70(75)64-60-56-52-48-44-38-16-14-12-10-8-6-4-2/h14,16,58,62,67-68,72-73H,3-13,15,17-57,59-61,63-66H2,1-2H3,(H,71,74)/b16-14-,62-58+. The van der Waals surface area contributed by atoms with Crippen molar-refractivity contribution in [1.29, 1.82) is 0 Å². The first kappa shape index (κ1) is 74.3. The third-order valence-electron chi connectivity index (χ3n) is 16.2. The molecular formula is C70H135NO5. The topological polar surface area (TPSA) is 95.9 Å². The molecule has 0 saturated heterocycles. The van der Waals surface area contributed by atoms with E-state index in [2.05, 4.69) is 31.3 Å². The van der Waals surface area contributed by atoms with Crippen molar-refractivity contribution in [3.8, 4) is 0 Å². The number of aliphatic hydroxyl groups excluding tert-OH is 2. The smallest absolute Gasteiger partial charge is 0.305 e. The molecule has 0 aliphatic carbocycles. The summed E-state index contributed by atoms with van der Waals surface area (Å²) < 4.78 is 5.48. The number of esters is 1. The number of aliphatic hydroxyl groups is 2. The molecule has 6 nitrogen and oxygen atoms in total. The lowest BCUT2D eigenvalue weighted by Gasteiger charge is -2.20. The van der Waals surface area contributed by atoms with Crippen molar-refractivity contribution < 1.29 is 24.5 Å². The van der Waals surface area contributed by atoms with Crippen LogP contribution in [0.2, 0.25) is 0 Å². The Morgan fingerprint density at radius 1 is 0.355 bits per heavy atom. The SMILES string of the molecule is CCCCCC/C=C\CCCCCCCC(=O)OCCCCCCCCCCCCCCCCCCCCCCCCCC(=O)NC(CO)C(O)/C=C/CCCCCCCCCCCCCCCCCCCCCCC. The zero-order valence-electron chi connectivity index (χ0n) is 51.5. The fourth-order valence-electron chi connectivity index (χ4n) is 10.9. The molecule has 3 N–H and O–H groups in total. The molecule has 0 fully saturated rings. The van der Waals surface area contributed by atoms with E-state index in [4.69, 9.17) is 4.74 Å². The Labute approximate surface area is 475 Å². The van der Waals surface area contributed by atoms with Crippen LogP contribution in [0.4, 0.5) is 0 Å². The van der Waals surface area contributed by atoms with Crippen molar-refractivity contribution in [2.75, 3.05) is 13.2 Å². The number of unbranched alkanes of at least 4 members (excludes halogenated alkanes) is 52. The fraction of sp³-hybridized carbons (Fsp3) is 0.914. The summed E-state index contributed by atoms with van der Waals surface area (Å²) in [5.41, 5.74) is 0. The summed E-state index contributed by atoms with van der Waals surface area (Å²) in [4.78, 5) is 24.6. The minimum atomic E-state index is -0.845. The number of hydrogen-bond acceptors (Lipinski definition) is 5. The van der Waals surface area contributed by atoms with E-state index >= 15 is 0 Å². The highest BCUT2D eigenvalue weighted by atomic mass is 16.5. The lowest BCUT2D eigenvalue weighted by Crippen LogP contribution is -2.45. The van der Waals surface area contributed by atoms with Crippen LogP contribution in [0.3, 0.4) is 0 Å². The molecule has 0 radical (unpaired) electrons. The van der Waals surface area contributed by atoms with Crippen molar-refractivity contribution in [1.82, 2.24) is 5.32 Å². The predicted octanol–water partition coefficient (Wildman–Crippen LogP) is 22.1. The molecule has 0 rings (SSSR count). The lowest BCUT2D eigenvalue weighted by molar-refractivity contribution is -0.143. The molecule has 0 spiro atoms. The summed E-state index contributed by atoms with van der Waals surface area (Å²) >= 11 is 0. The van der Waals surface area contributed by atoms with Crippen molar-refractivity contribution in [3.63, 3.8) is 0 Å². The van der Waals surface area contributed by atoms with E-state index in [1.165, 1.54) is 315 Å². The van der Waals surface area contributed by atoms with Gasteiger partial charge in [-0.3, -0.25) is 9.59 Å². The molecule has 0 bridgehead atoms. The third kappa shape index (κ3) is 61.6. The van der Waals surface area contributed by atoms with Gasteiger partial charge in [-0.2, -0.15) is 0 Å². The maximum Gasteiger partial charge on any atom is 0.305 e. The van der Waals surface area contributed by atoms with Crippen LogP contribution in [0, 0.1) is 0 Å². The molecule has 0 aliphatic rings. The first-order valence-corrected chi connectivity index (χ1v) is 34.6. The Bertz CT molecular complexity index is 1190. The number of amides is 1. The largest absolute Gasteiger partial charge is 0.466 e. The van der Waals surface area contributed by atoms with Crippen LogP contribution in [0.5, 0.6) is 0 Å². The molecule has 450 valence electrons. The Hall–Kier alpha value is -1.66. The van der Waals surface area contributed by atoms with Crippen LogP contribution in [0.1, 0.15) is 386 Å². The molecular weight excluding hydrogens is 935 g/mol. The number of hydrogen-bond donors (Lipinski definition) is 3. The minimum Gasteiger partial charge on any atom is -0.466 e. The molecule has 0 aromatic carbocycles. The first-order valence-electron chi connectivity index (χ1n) is 34.6. The van der Waals surface area contributed by atoms with E-state index in [1.807, 2.05) is 6.08 Å². The molecule has 2 atom stereocenters. The van der Waals surface area contributed by atoms with Gasteiger partial charge in [-0.1, -0.05) is 340 Å². The van der Waals surface area contributed by atoms with Gasteiger partial charge in [0.2, 0.25) is 5.91 Å². The van der Waals surface area contributed by atoms with Gasteiger partial charge in [-0.05, 0) is 57.8 Å². The summed E-state index contributed by atoms with van der Waals surface area (Å²) in [6, 6.07) is -0.629. The van der Waals surface area contributed by atoms with Gasteiger partial charge in [0.15, 0.2) is 0 Å². The number of carbonyl (C=O) groups excluding carboxylic acids is 2. The second kappa shape index (κ2) is 65.9. The third-order valence-corrected chi connectivity index (χ3v) is 16.2. The average molecular weight is 1070 g/mol. The van der Waals surface area contributed by atoms with E-state index in [-0.39, 0.29) is 18.5 Å². The van der Waals surface area contributed by atoms with Crippen molar-refractivity contribution >= 4 is 11.9 Å². The zero-order valence-corrected chi connectivity index (χ0v) is 51.5. The number of ether oxygens (including phenoxy) is 1. The van der Waals surface area contributed by atoms with E-state index in [9.17, 15) is 19.8 Å². The van der Waals surface area contributed by atoms with Gasteiger partial charge in [0.25, 0.3) is 0 Å². The quantitative estimate of drug-likeness (QED) is 0.0320. The summed E-state index contributed by atoms with van der Waals surface area (Å²) in [6.07, 6.45) is 82.5. The molecule has 1 amide bonds. The van der Waals surface area contributed by atoms with Crippen molar-refractivity contribution in [3.05, 3.63) is 24.3 Å². The van der Waals surface area contributed by atoms with Gasteiger partial charge in [0, 0.05) is 12.8 Å². The van der Waals surface area contributed by atoms with E-state index in [1.54, 1.807) is 6.08 Å². The van der Waals surface area contributed by atoms with Gasteiger partial charge in [-0.25, -0.2) is 0 Å². The fourth-order valence-corrected chi connectivity index (χ4v) is 10.9. The normalized spacial score (nSPS) is 12.6. The van der Waals surface area contributed by atoms with Gasteiger partial charge in [0.05, 0.1) is 25.4 Å². The maximum atomic E-state index is 12.5. The second-order valence-corrected chi connectivity index (χ2v) is 23.9. The number of rotatable bonds is 65. The van der Waals surface area contributed by atoms with Crippen LogP contribution >= 0.6 is 0 Å². The molecule has 0 aromatic heterocycles. The molecule has 76 heavy (non-hydrogen) atoms. The number of allylic oxidation sites excluding steroid dienone is 3. The van der Waals surface area contributed by atoms with Crippen molar-refractivity contribution in [2.24, 2.45) is 0 Å². The van der Waals surface area contributed by atoms with Crippen LogP contribution in [0.15, 0.2) is 24.3 Å². The monoisotopic (exact) mass is 1070 g/mol. The van der Waals surface area contributed by atoms with Crippen molar-refractivity contribution in [2.45, 2.75) is 398 Å². The van der Waals surface area contributed by atoms with Crippen LogP contribution in [0.25, 0.3) is 0 Å². The van der Waals surface area contributed by atoms with Crippen LogP contribution in [-0.2, 0) is 14.3 Å². The van der Waals surface area contributed by atoms with Gasteiger partial charge >= 0.3 is 5.97 Å². The highest BCUT2D eigenvalue weighted by molar-refractivity contribution is 5.76. The molecule has 6 heteroatoms. The molecule has 2 unspecified atom stereocenters. The maximum absolute atomic E-state index is 12.5. The number of carbonyl (C=O) groups is 2. The van der Waals surface area contributed by atoms with Crippen LogP contribution < -0.4 is 5.32 Å². The molecule has 0 heterocycles. The summed E-state index contributed by atoms with van der Waals surface area (Å²) in [5.74, 6) is -0.0579. The highest BCUT2D eigenvalue weighted by Crippen LogP contribution is 2.19. The van der Waals surface area contributed by atoms with Gasteiger partial charge in [-0.15, -0.1) is 0 Å².